The van der Waals surface area contributed by atoms with Crippen molar-refractivity contribution in [2.24, 2.45) is 16.7 Å². The zero-order chi connectivity index (χ0) is 37.3. The van der Waals surface area contributed by atoms with Crippen molar-refractivity contribution in [3.05, 3.63) is 122 Å². The fourth-order valence-electron chi connectivity index (χ4n) is 5.22. The molecule has 0 saturated heterocycles. The monoisotopic (exact) mass is 703 g/mol. The average Bonchev–Trinajstić information content (AvgIpc) is 3.45. The molecular formula is C35H41N7O9. The van der Waals surface area contributed by atoms with Gasteiger partial charge in [-0.15, -0.1) is 15.2 Å². The van der Waals surface area contributed by atoms with Crippen LogP contribution in [0.2, 0.25) is 0 Å². The molecule has 51 heavy (non-hydrogen) atoms. The number of hydrogen-bond donors (Lipinski definition) is 4. The van der Waals surface area contributed by atoms with Crippen LogP contribution in [-0.4, -0.2) is 54.2 Å². The van der Waals surface area contributed by atoms with Gasteiger partial charge in [-0.1, -0.05) is 79.7 Å². The van der Waals surface area contributed by atoms with E-state index in [2.05, 4.69) is 14.9 Å². The maximum atomic E-state index is 12.4. The van der Waals surface area contributed by atoms with Crippen molar-refractivity contribution in [2.75, 3.05) is 0 Å². The fourth-order valence-corrected chi connectivity index (χ4v) is 5.22. The molecular weight excluding hydrogens is 662 g/mol. The van der Waals surface area contributed by atoms with Crippen LogP contribution in [0.15, 0.2) is 77.9 Å². The van der Waals surface area contributed by atoms with Crippen LogP contribution in [0.5, 0.6) is 0 Å². The van der Waals surface area contributed by atoms with Crippen molar-refractivity contribution < 1.29 is 39.2 Å². The lowest BCUT2D eigenvalue weighted by Gasteiger charge is -2.21. The number of aromatic carboxylic acids is 1. The van der Waals surface area contributed by atoms with E-state index in [0.29, 0.717) is 28.9 Å². The number of carbonyl (C=O) groups excluding carboxylic acids is 1. The van der Waals surface area contributed by atoms with E-state index < -0.39 is 29.0 Å². The number of ether oxygens (including phenoxy) is 2. The molecule has 0 amide bonds. The Morgan fingerprint density at radius 2 is 1.73 bits per heavy atom. The second-order valence-corrected chi connectivity index (χ2v) is 12.1. The van der Waals surface area contributed by atoms with E-state index in [4.69, 9.17) is 21.1 Å². The lowest BCUT2D eigenvalue weighted by atomic mass is 9.98. The molecule has 0 radical (unpaired) electrons. The van der Waals surface area contributed by atoms with Crippen molar-refractivity contribution in [2.45, 2.75) is 72.1 Å². The van der Waals surface area contributed by atoms with Crippen LogP contribution in [0, 0.1) is 10.1 Å². The number of nitrogens with two attached hydrogens (primary N) is 2. The molecule has 0 spiro atoms. The number of carbonyl (C=O) groups is 2. The number of aliphatic hydroxyl groups is 1. The first kappa shape index (κ1) is 37.8. The highest BCUT2D eigenvalue weighted by molar-refractivity contribution is 6.03. The number of hydrogen-bond acceptors (Lipinski definition) is 12. The number of aryl methyl sites for hydroxylation is 1. The SMILES string of the molecule is CCCc1nc(C(C)(C)O)c(C(=O)O)n1Cc1ccc(-c2ccccc2/C(N)=N/N(N)C(C)OC(=O)OCc2cccc(CO[N+](=O)[O-])c2)cc1. The molecule has 0 aliphatic heterocycles. The quantitative estimate of drug-likeness (QED) is 0.0236. The molecule has 0 aliphatic rings. The Morgan fingerprint density at radius 3 is 2.35 bits per heavy atom. The van der Waals surface area contributed by atoms with Crippen LogP contribution in [0.3, 0.4) is 0 Å². The van der Waals surface area contributed by atoms with Crippen molar-refractivity contribution in [3.63, 3.8) is 0 Å². The molecule has 0 bridgehead atoms. The van der Waals surface area contributed by atoms with Crippen molar-refractivity contribution in [1.82, 2.24) is 14.7 Å². The molecule has 3 aromatic carbocycles. The third-order valence-electron chi connectivity index (χ3n) is 7.66. The van der Waals surface area contributed by atoms with Gasteiger partial charge in [0.2, 0.25) is 6.23 Å². The van der Waals surface area contributed by atoms with Gasteiger partial charge in [-0.05, 0) is 55.0 Å². The number of amidine groups is 1. The van der Waals surface area contributed by atoms with Gasteiger partial charge in [0.05, 0.1) is 0 Å². The summed E-state index contributed by atoms with van der Waals surface area (Å²) in [5, 5.41) is 35.3. The van der Waals surface area contributed by atoms with E-state index in [-0.39, 0.29) is 37.0 Å². The summed E-state index contributed by atoms with van der Waals surface area (Å²) in [5.41, 5.74) is 9.01. The zero-order valence-electron chi connectivity index (χ0n) is 28.7. The Balaban J connectivity index is 1.45. The second kappa shape index (κ2) is 16.6. The lowest BCUT2D eigenvalue weighted by Crippen LogP contribution is -2.40. The van der Waals surface area contributed by atoms with Gasteiger partial charge in [0.25, 0.3) is 5.09 Å². The molecule has 0 aliphatic carbocycles. The summed E-state index contributed by atoms with van der Waals surface area (Å²) < 4.78 is 12.0. The summed E-state index contributed by atoms with van der Waals surface area (Å²) in [4.78, 5) is 43.9. The van der Waals surface area contributed by atoms with E-state index in [1.54, 1.807) is 41.0 Å². The predicted molar refractivity (Wildman–Crippen MR) is 185 cm³/mol. The number of carboxylic acids is 1. The lowest BCUT2D eigenvalue weighted by molar-refractivity contribution is -0.763. The van der Waals surface area contributed by atoms with E-state index >= 15 is 0 Å². The van der Waals surface area contributed by atoms with Gasteiger partial charge in [-0.2, -0.15) is 5.12 Å². The Kier molecular flexibility index (Phi) is 12.3. The van der Waals surface area contributed by atoms with Crippen LogP contribution in [0.25, 0.3) is 11.1 Å². The zero-order valence-corrected chi connectivity index (χ0v) is 28.7. The van der Waals surface area contributed by atoms with Gasteiger partial charge >= 0.3 is 12.1 Å². The Bertz CT molecular complexity index is 1890. The molecule has 1 heterocycles. The van der Waals surface area contributed by atoms with Gasteiger partial charge in [-0.3, -0.25) is 0 Å². The third-order valence-corrected chi connectivity index (χ3v) is 7.66. The van der Waals surface area contributed by atoms with Gasteiger partial charge in [0.15, 0.2) is 11.5 Å². The normalized spacial score (nSPS) is 12.2. The Labute approximate surface area is 293 Å². The van der Waals surface area contributed by atoms with Crippen LogP contribution in [0.1, 0.15) is 78.4 Å². The highest BCUT2D eigenvalue weighted by Gasteiger charge is 2.31. The number of nitrogens with zero attached hydrogens (tertiary/aromatic N) is 5. The molecule has 1 unspecified atom stereocenters. The summed E-state index contributed by atoms with van der Waals surface area (Å²) in [6, 6.07) is 21.3. The van der Waals surface area contributed by atoms with Crippen LogP contribution >= 0.6 is 0 Å². The smallest absolute Gasteiger partial charge is 0.477 e. The molecule has 6 N–H and O–H groups in total. The first-order valence-electron chi connectivity index (χ1n) is 16.0. The minimum Gasteiger partial charge on any atom is -0.477 e. The highest BCUT2D eigenvalue weighted by atomic mass is 16.9. The number of benzene rings is 3. The highest BCUT2D eigenvalue weighted by Crippen LogP contribution is 2.28. The minimum absolute atomic E-state index is 0.0441. The van der Waals surface area contributed by atoms with E-state index in [1.165, 1.54) is 20.8 Å². The van der Waals surface area contributed by atoms with Crippen LogP contribution in [0.4, 0.5) is 4.79 Å². The number of aromatic nitrogens is 2. The number of hydrazone groups is 1. The number of carboxylic acid groups (broad SMARTS) is 1. The van der Waals surface area contributed by atoms with Crippen molar-refractivity contribution in [3.8, 4) is 11.1 Å². The first-order chi connectivity index (χ1) is 24.2. The van der Waals surface area contributed by atoms with Gasteiger partial charge in [0.1, 0.15) is 30.3 Å². The maximum absolute atomic E-state index is 12.4. The third kappa shape index (κ3) is 10.0. The molecule has 1 aromatic heterocycles. The number of imidazole rings is 1. The number of rotatable bonds is 16. The van der Waals surface area contributed by atoms with Crippen molar-refractivity contribution in [1.29, 1.82) is 0 Å². The average molecular weight is 704 g/mol. The Hall–Kier alpha value is -6.00. The van der Waals surface area contributed by atoms with E-state index in [1.807, 2.05) is 43.3 Å². The summed E-state index contributed by atoms with van der Waals surface area (Å²) >= 11 is 0. The molecule has 1 atom stereocenters. The second-order valence-electron chi connectivity index (χ2n) is 12.1. The minimum atomic E-state index is -1.43. The molecule has 4 aromatic rings. The molecule has 0 saturated carbocycles. The molecule has 4 rings (SSSR count). The van der Waals surface area contributed by atoms with Gasteiger partial charge < -0.3 is 34.8 Å². The predicted octanol–water partition coefficient (Wildman–Crippen LogP) is 4.68. The summed E-state index contributed by atoms with van der Waals surface area (Å²) in [6.45, 7) is 6.31. The van der Waals surface area contributed by atoms with E-state index in [9.17, 15) is 29.9 Å². The summed E-state index contributed by atoms with van der Waals surface area (Å²) in [7, 11) is 0. The van der Waals surface area contributed by atoms with Crippen LogP contribution < -0.4 is 11.6 Å². The molecule has 16 heteroatoms. The van der Waals surface area contributed by atoms with Gasteiger partial charge in [-0.25, -0.2) is 20.4 Å². The Morgan fingerprint density at radius 1 is 1.06 bits per heavy atom. The standard InChI is InChI=1S/C35H41N7O9/c1-5-9-29-38-31(35(3,4)46)30(33(43)44)40(29)19-23-14-16-26(17-15-23)27-12-6-7-13-28(27)32(36)39-41(37)22(2)51-34(45)49-20-24-10-8-11-25(18-24)21-50-42(47)48/h6-8,10-18,22,46H,5,9,19-21,37H2,1-4H3,(H2,36,39)(H,43,44). The largest absolute Gasteiger partial charge is 0.510 e. The fraction of sp³-hybridized carbons (Fsp3) is 0.314. The maximum Gasteiger partial charge on any atom is 0.510 e. The van der Waals surface area contributed by atoms with Crippen molar-refractivity contribution >= 4 is 18.0 Å². The van der Waals surface area contributed by atoms with Gasteiger partial charge in [0, 0.05) is 18.5 Å². The number of hydrazine groups is 1. The molecule has 270 valence electrons. The van der Waals surface area contributed by atoms with Crippen LogP contribution in [-0.2, 0) is 46.1 Å². The topological polar surface area (TPSA) is 231 Å². The van der Waals surface area contributed by atoms with E-state index in [0.717, 1.165) is 28.2 Å². The summed E-state index contributed by atoms with van der Waals surface area (Å²) in [6.07, 6.45) is -0.805. The molecule has 16 nitrogen and oxygen atoms in total. The summed E-state index contributed by atoms with van der Waals surface area (Å²) in [5.74, 6) is 5.52. The molecule has 0 fully saturated rings. The first-order valence-corrected chi connectivity index (χ1v) is 16.0.